The first-order valence-electron chi connectivity index (χ1n) is 7.35. The van der Waals surface area contributed by atoms with Crippen molar-refractivity contribution in [3.05, 3.63) is 42.7 Å². The Bertz CT molecular complexity index is 574. The van der Waals surface area contributed by atoms with Gasteiger partial charge in [0.2, 0.25) is 0 Å². The van der Waals surface area contributed by atoms with Gasteiger partial charge in [-0.05, 0) is 23.8 Å². The number of benzene rings is 1. The Morgan fingerprint density at radius 3 is 2.70 bits per heavy atom. The van der Waals surface area contributed by atoms with Crippen molar-refractivity contribution in [2.45, 2.75) is 45.3 Å². The van der Waals surface area contributed by atoms with Crippen LogP contribution in [0.5, 0.6) is 0 Å². The number of aliphatic hydroxyl groups excluding tert-OH is 1. The Labute approximate surface area is 120 Å². The number of rotatable bonds is 2. The van der Waals surface area contributed by atoms with Crippen LogP contribution in [-0.4, -0.2) is 21.0 Å². The van der Waals surface area contributed by atoms with Crippen LogP contribution in [0, 0.1) is 5.41 Å². The second-order valence-electron chi connectivity index (χ2n) is 6.47. The van der Waals surface area contributed by atoms with E-state index in [-0.39, 0.29) is 17.6 Å². The first kappa shape index (κ1) is 13.4. The quantitative estimate of drug-likeness (QED) is 0.904. The predicted octanol–water partition coefficient (Wildman–Crippen LogP) is 3.66. The molecule has 1 aromatic carbocycles. The number of hydrogen-bond acceptors (Lipinski definition) is 2. The standard InChI is InChI=1S/C17H22N2O/c1-17(2)10-6-9-15(16(17)20)19-12-14(11-18-19)13-7-4-3-5-8-13/h3-5,7-8,11-12,15-16,20H,6,9-10H2,1-2H3. The molecule has 1 aromatic heterocycles. The molecule has 0 amide bonds. The van der Waals surface area contributed by atoms with E-state index in [9.17, 15) is 5.11 Å². The van der Waals surface area contributed by atoms with Crippen molar-refractivity contribution in [1.82, 2.24) is 9.78 Å². The molecule has 1 saturated carbocycles. The second-order valence-corrected chi connectivity index (χ2v) is 6.47. The van der Waals surface area contributed by atoms with Gasteiger partial charge >= 0.3 is 0 Å². The van der Waals surface area contributed by atoms with Gasteiger partial charge in [-0.1, -0.05) is 50.6 Å². The molecule has 2 unspecified atom stereocenters. The summed E-state index contributed by atoms with van der Waals surface area (Å²) in [7, 11) is 0. The van der Waals surface area contributed by atoms with Gasteiger partial charge in [-0.25, -0.2) is 0 Å². The van der Waals surface area contributed by atoms with Crippen LogP contribution in [0.15, 0.2) is 42.7 Å². The van der Waals surface area contributed by atoms with Crippen molar-refractivity contribution in [3.63, 3.8) is 0 Å². The molecule has 1 fully saturated rings. The van der Waals surface area contributed by atoms with E-state index in [0.717, 1.165) is 24.8 Å². The van der Waals surface area contributed by atoms with E-state index in [1.54, 1.807) is 0 Å². The Hall–Kier alpha value is -1.61. The fraction of sp³-hybridized carbons (Fsp3) is 0.471. The maximum atomic E-state index is 10.6. The third-order valence-electron chi connectivity index (χ3n) is 4.53. The molecule has 0 bridgehead atoms. The van der Waals surface area contributed by atoms with Crippen LogP contribution in [0.2, 0.25) is 0 Å². The number of aromatic nitrogens is 2. The van der Waals surface area contributed by atoms with Crippen LogP contribution in [0.25, 0.3) is 11.1 Å². The molecule has 0 saturated heterocycles. The summed E-state index contributed by atoms with van der Waals surface area (Å²) < 4.78 is 1.95. The van der Waals surface area contributed by atoms with E-state index >= 15 is 0 Å². The zero-order valence-corrected chi connectivity index (χ0v) is 12.2. The molecule has 1 aliphatic carbocycles. The lowest BCUT2D eigenvalue weighted by Crippen LogP contribution is -2.41. The zero-order valence-electron chi connectivity index (χ0n) is 12.2. The predicted molar refractivity (Wildman–Crippen MR) is 80.3 cm³/mol. The summed E-state index contributed by atoms with van der Waals surface area (Å²) in [6.45, 7) is 4.29. The van der Waals surface area contributed by atoms with E-state index in [0.29, 0.717) is 0 Å². The molecule has 0 aliphatic heterocycles. The van der Waals surface area contributed by atoms with Gasteiger partial charge in [0.05, 0.1) is 18.3 Å². The Kier molecular flexibility index (Phi) is 3.38. The summed E-state index contributed by atoms with van der Waals surface area (Å²) in [5.41, 5.74) is 2.26. The van der Waals surface area contributed by atoms with Gasteiger partial charge in [-0.3, -0.25) is 4.68 Å². The van der Waals surface area contributed by atoms with Crippen LogP contribution >= 0.6 is 0 Å². The van der Waals surface area contributed by atoms with Gasteiger partial charge in [0.25, 0.3) is 0 Å². The van der Waals surface area contributed by atoms with Crippen molar-refractivity contribution in [2.75, 3.05) is 0 Å². The summed E-state index contributed by atoms with van der Waals surface area (Å²) in [5.74, 6) is 0. The van der Waals surface area contributed by atoms with Gasteiger partial charge in [0, 0.05) is 11.8 Å². The van der Waals surface area contributed by atoms with E-state index in [1.165, 1.54) is 5.56 Å². The summed E-state index contributed by atoms with van der Waals surface area (Å²) in [6, 6.07) is 10.3. The summed E-state index contributed by atoms with van der Waals surface area (Å²) in [6.07, 6.45) is 6.85. The second kappa shape index (κ2) is 5.06. The molecule has 2 atom stereocenters. The minimum Gasteiger partial charge on any atom is -0.390 e. The molecule has 3 heteroatoms. The number of hydrogen-bond donors (Lipinski definition) is 1. The fourth-order valence-electron chi connectivity index (χ4n) is 3.17. The summed E-state index contributed by atoms with van der Waals surface area (Å²) in [5, 5.41) is 15.1. The minimum absolute atomic E-state index is 0.0260. The summed E-state index contributed by atoms with van der Waals surface area (Å²) in [4.78, 5) is 0. The Morgan fingerprint density at radius 1 is 1.20 bits per heavy atom. The topological polar surface area (TPSA) is 38.0 Å². The summed E-state index contributed by atoms with van der Waals surface area (Å²) >= 11 is 0. The molecule has 1 aliphatic rings. The molecule has 0 radical (unpaired) electrons. The smallest absolute Gasteiger partial charge is 0.0815 e. The third-order valence-corrected chi connectivity index (χ3v) is 4.53. The van der Waals surface area contributed by atoms with Gasteiger partial charge < -0.3 is 5.11 Å². The van der Waals surface area contributed by atoms with Crippen molar-refractivity contribution < 1.29 is 5.11 Å². The largest absolute Gasteiger partial charge is 0.390 e. The SMILES string of the molecule is CC1(C)CCCC(n2cc(-c3ccccc3)cn2)C1O. The highest BCUT2D eigenvalue weighted by molar-refractivity contribution is 5.61. The minimum atomic E-state index is -0.334. The van der Waals surface area contributed by atoms with E-state index in [4.69, 9.17) is 0 Å². The van der Waals surface area contributed by atoms with Crippen LogP contribution in [0.4, 0.5) is 0 Å². The van der Waals surface area contributed by atoms with Crippen molar-refractivity contribution in [1.29, 1.82) is 0 Å². The first-order chi connectivity index (χ1) is 9.58. The lowest BCUT2D eigenvalue weighted by molar-refractivity contribution is -0.0299. The average Bonchev–Trinajstić information content (AvgIpc) is 2.92. The molecule has 1 heterocycles. The normalized spacial score (nSPS) is 25.6. The highest BCUT2D eigenvalue weighted by Crippen LogP contribution is 2.41. The Balaban J connectivity index is 1.87. The van der Waals surface area contributed by atoms with E-state index in [2.05, 4.69) is 37.3 Å². The van der Waals surface area contributed by atoms with Gasteiger partial charge in [-0.15, -0.1) is 0 Å². The van der Waals surface area contributed by atoms with E-state index < -0.39 is 0 Å². The molecular formula is C17H22N2O. The molecule has 20 heavy (non-hydrogen) atoms. The van der Waals surface area contributed by atoms with E-state index in [1.807, 2.05) is 29.1 Å². The van der Waals surface area contributed by atoms with Crippen LogP contribution < -0.4 is 0 Å². The molecular weight excluding hydrogens is 248 g/mol. The lowest BCUT2D eigenvalue weighted by atomic mass is 9.72. The average molecular weight is 270 g/mol. The highest BCUT2D eigenvalue weighted by Gasteiger charge is 2.38. The van der Waals surface area contributed by atoms with Gasteiger partial charge in [0.15, 0.2) is 0 Å². The first-order valence-corrected chi connectivity index (χ1v) is 7.35. The highest BCUT2D eigenvalue weighted by atomic mass is 16.3. The van der Waals surface area contributed by atoms with Crippen LogP contribution in [-0.2, 0) is 0 Å². The maximum absolute atomic E-state index is 10.6. The Morgan fingerprint density at radius 2 is 1.95 bits per heavy atom. The van der Waals surface area contributed by atoms with Gasteiger partial charge in [0.1, 0.15) is 0 Å². The lowest BCUT2D eigenvalue weighted by Gasteiger charge is -2.40. The number of nitrogens with zero attached hydrogens (tertiary/aromatic N) is 2. The van der Waals surface area contributed by atoms with Gasteiger partial charge in [-0.2, -0.15) is 5.10 Å². The molecule has 0 spiro atoms. The number of aliphatic hydroxyl groups is 1. The van der Waals surface area contributed by atoms with Crippen molar-refractivity contribution >= 4 is 0 Å². The zero-order chi connectivity index (χ0) is 14.2. The molecule has 3 nitrogen and oxygen atoms in total. The monoisotopic (exact) mass is 270 g/mol. The molecule has 2 aromatic rings. The molecule has 106 valence electrons. The molecule has 1 N–H and O–H groups in total. The molecule has 3 rings (SSSR count). The van der Waals surface area contributed by atoms with Crippen LogP contribution in [0.3, 0.4) is 0 Å². The van der Waals surface area contributed by atoms with Crippen LogP contribution in [0.1, 0.15) is 39.2 Å². The van der Waals surface area contributed by atoms with Crippen molar-refractivity contribution in [2.24, 2.45) is 5.41 Å². The maximum Gasteiger partial charge on any atom is 0.0815 e. The van der Waals surface area contributed by atoms with Crippen molar-refractivity contribution in [3.8, 4) is 11.1 Å². The third kappa shape index (κ3) is 2.38. The fourth-order valence-corrected chi connectivity index (χ4v) is 3.17.